The van der Waals surface area contributed by atoms with E-state index >= 15 is 0 Å². The minimum atomic E-state index is -1.09. The third kappa shape index (κ3) is 4.10. The fraction of sp³-hybridized carbons (Fsp3) is 0.524. The molecule has 30 heavy (non-hydrogen) atoms. The summed E-state index contributed by atoms with van der Waals surface area (Å²) in [7, 11) is 3.14. The van der Waals surface area contributed by atoms with Crippen LogP contribution in [0.5, 0.6) is 5.75 Å². The summed E-state index contributed by atoms with van der Waals surface area (Å²) in [6.07, 6.45) is 2.86. The Morgan fingerprint density at radius 3 is 2.37 bits per heavy atom. The standard InChI is InChI=1S/C21H27N3O6/c1-14(18(26)22-15-7-9-16(29-3)10-8-15)30-17(25)13-24-19(27)21(23(2)20(24)28)11-5-4-6-12-21/h7-10,14H,4-6,11-13H2,1-3H3,(H,22,26)/t14-/m1/s1. The van der Waals surface area contributed by atoms with Crippen molar-refractivity contribution in [1.82, 2.24) is 9.80 Å². The SMILES string of the molecule is COc1ccc(NC(=O)[C@@H](C)OC(=O)CN2C(=O)N(C)C3(CCCCC3)C2=O)cc1. The number of hydrogen-bond acceptors (Lipinski definition) is 6. The zero-order valence-electron chi connectivity index (χ0n) is 17.5. The minimum Gasteiger partial charge on any atom is -0.497 e. The Labute approximate surface area is 175 Å². The van der Waals surface area contributed by atoms with Crippen molar-refractivity contribution in [2.75, 3.05) is 26.0 Å². The molecule has 0 aromatic heterocycles. The lowest BCUT2D eigenvalue weighted by Gasteiger charge is -2.35. The number of rotatable bonds is 6. The van der Waals surface area contributed by atoms with E-state index in [1.165, 1.54) is 11.8 Å². The highest BCUT2D eigenvalue weighted by atomic mass is 16.5. The summed E-state index contributed by atoms with van der Waals surface area (Å²) in [5.74, 6) is -1.04. The van der Waals surface area contributed by atoms with Crippen LogP contribution in [0, 0.1) is 0 Å². The Morgan fingerprint density at radius 1 is 1.13 bits per heavy atom. The van der Waals surface area contributed by atoms with Gasteiger partial charge in [-0.15, -0.1) is 0 Å². The Hall–Kier alpha value is -3.10. The molecular weight excluding hydrogens is 390 g/mol. The van der Waals surface area contributed by atoms with Gasteiger partial charge in [-0.1, -0.05) is 19.3 Å². The zero-order chi connectivity index (χ0) is 21.9. The normalized spacial score (nSPS) is 19.0. The van der Waals surface area contributed by atoms with E-state index in [4.69, 9.17) is 9.47 Å². The van der Waals surface area contributed by atoms with Crippen LogP contribution in [0.4, 0.5) is 10.5 Å². The summed E-state index contributed by atoms with van der Waals surface area (Å²) in [5.41, 5.74) is -0.332. The van der Waals surface area contributed by atoms with E-state index in [1.54, 1.807) is 38.4 Å². The Morgan fingerprint density at radius 2 is 1.77 bits per heavy atom. The number of nitrogens with zero attached hydrogens (tertiary/aromatic N) is 2. The van der Waals surface area contributed by atoms with Gasteiger partial charge in [0, 0.05) is 12.7 Å². The molecule has 4 amide bonds. The quantitative estimate of drug-likeness (QED) is 0.562. The number of amides is 4. The van der Waals surface area contributed by atoms with Gasteiger partial charge in [0.25, 0.3) is 11.8 Å². The minimum absolute atomic E-state index is 0.359. The first-order valence-corrected chi connectivity index (χ1v) is 10.0. The second kappa shape index (κ2) is 8.73. The molecule has 9 nitrogen and oxygen atoms in total. The van der Waals surface area contributed by atoms with Gasteiger partial charge in [-0.25, -0.2) is 4.79 Å². The van der Waals surface area contributed by atoms with E-state index in [9.17, 15) is 19.2 Å². The van der Waals surface area contributed by atoms with E-state index in [0.717, 1.165) is 24.2 Å². The number of esters is 1. The van der Waals surface area contributed by atoms with Crippen LogP contribution in [0.3, 0.4) is 0 Å². The van der Waals surface area contributed by atoms with E-state index in [0.29, 0.717) is 24.3 Å². The molecule has 2 fully saturated rings. The predicted molar refractivity (Wildman–Crippen MR) is 108 cm³/mol. The average molecular weight is 417 g/mol. The first-order chi connectivity index (χ1) is 14.3. The molecule has 2 aliphatic rings. The van der Waals surface area contributed by atoms with Crippen LogP contribution in [-0.4, -0.2) is 66.0 Å². The second-order valence-electron chi connectivity index (χ2n) is 7.67. The van der Waals surface area contributed by atoms with Crippen molar-refractivity contribution in [3.8, 4) is 5.75 Å². The monoisotopic (exact) mass is 417 g/mol. The van der Waals surface area contributed by atoms with E-state index in [1.807, 2.05) is 0 Å². The van der Waals surface area contributed by atoms with Crippen LogP contribution in [0.1, 0.15) is 39.0 Å². The number of carbonyl (C=O) groups excluding carboxylic acids is 4. The Balaban J connectivity index is 1.57. The lowest BCUT2D eigenvalue weighted by molar-refractivity contribution is -0.155. The van der Waals surface area contributed by atoms with Gasteiger partial charge < -0.3 is 19.7 Å². The summed E-state index contributed by atoms with van der Waals surface area (Å²) in [6, 6.07) is 6.19. The molecule has 1 heterocycles. The lowest BCUT2D eigenvalue weighted by atomic mass is 9.81. The number of imide groups is 1. The van der Waals surface area contributed by atoms with Crippen LogP contribution in [0.2, 0.25) is 0 Å². The predicted octanol–water partition coefficient (Wildman–Crippen LogP) is 2.16. The molecule has 0 bridgehead atoms. The van der Waals surface area contributed by atoms with Crippen LogP contribution in [-0.2, 0) is 19.1 Å². The number of likely N-dealkylation sites (N-methyl/N-ethyl adjacent to an activating group) is 1. The van der Waals surface area contributed by atoms with Crippen molar-refractivity contribution in [3.63, 3.8) is 0 Å². The lowest BCUT2D eigenvalue weighted by Crippen LogP contribution is -2.49. The molecule has 0 unspecified atom stereocenters. The highest BCUT2D eigenvalue weighted by molar-refractivity contribution is 6.08. The van der Waals surface area contributed by atoms with Crippen LogP contribution in [0.15, 0.2) is 24.3 Å². The largest absolute Gasteiger partial charge is 0.497 e. The van der Waals surface area contributed by atoms with Crippen molar-refractivity contribution in [2.24, 2.45) is 0 Å². The molecule has 1 aliphatic heterocycles. The van der Waals surface area contributed by atoms with Gasteiger partial charge in [-0.2, -0.15) is 0 Å². The summed E-state index contributed by atoms with van der Waals surface area (Å²) in [6.45, 7) is 0.920. The maximum Gasteiger partial charge on any atom is 0.327 e. The third-order valence-electron chi connectivity index (χ3n) is 5.81. The Kier molecular flexibility index (Phi) is 6.28. The van der Waals surface area contributed by atoms with Gasteiger partial charge in [-0.3, -0.25) is 19.3 Å². The molecule has 1 N–H and O–H groups in total. The van der Waals surface area contributed by atoms with Crippen LogP contribution >= 0.6 is 0 Å². The van der Waals surface area contributed by atoms with Gasteiger partial charge in [0.05, 0.1) is 7.11 Å². The number of ether oxygens (including phenoxy) is 2. The summed E-state index contributed by atoms with van der Waals surface area (Å²) >= 11 is 0. The maximum absolute atomic E-state index is 12.9. The van der Waals surface area contributed by atoms with Gasteiger partial charge >= 0.3 is 12.0 Å². The number of nitrogens with one attached hydrogen (secondary N) is 1. The van der Waals surface area contributed by atoms with E-state index < -0.39 is 36.1 Å². The molecule has 1 spiro atoms. The first kappa shape index (κ1) is 21.6. The van der Waals surface area contributed by atoms with Gasteiger partial charge in [-0.05, 0) is 44.0 Å². The van der Waals surface area contributed by atoms with Crippen molar-refractivity contribution in [1.29, 1.82) is 0 Å². The fourth-order valence-electron chi connectivity index (χ4n) is 4.01. The summed E-state index contributed by atoms with van der Waals surface area (Å²) in [4.78, 5) is 52.5. The number of hydrogen-bond donors (Lipinski definition) is 1. The zero-order valence-corrected chi connectivity index (χ0v) is 17.5. The smallest absolute Gasteiger partial charge is 0.327 e. The molecule has 1 aliphatic carbocycles. The molecular formula is C21H27N3O6. The van der Waals surface area contributed by atoms with E-state index in [-0.39, 0.29) is 5.91 Å². The molecule has 1 saturated heterocycles. The van der Waals surface area contributed by atoms with Crippen molar-refractivity contribution < 1.29 is 28.7 Å². The molecule has 3 rings (SSSR count). The van der Waals surface area contributed by atoms with Crippen molar-refractivity contribution in [2.45, 2.75) is 50.7 Å². The number of urea groups is 1. The molecule has 1 atom stereocenters. The number of anilines is 1. The molecule has 1 aromatic rings. The summed E-state index contributed by atoms with van der Waals surface area (Å²) in [5, 5.41) is 2.64. The fourth-order valence-corrected chi connectivity index (χ4v) is 4.01. The van der Waals surface area contributed by atoms with Crippen molar-refractivity contribution in [3.05, 3.63) is 24.3 Å². The number of carbonyl (C=O) groups is 4. The van der Waals surface area contributed by atoms with E-state index in [2.05, 4.69) is 5.32 Å². The third-order valence-corrected chi connectivity index (χ3v) is 5.81. The van der Waals surface area contributed by atoms with Gasteiger partial charge in [0.1, 0.15) is 17.8 Å². The first-order valence-electron chi connectivity index (χ1n) is 10.0. The molecule has 0 radical (unpaired) electrons. The maximum atomic E-state index is 12.9. The van der Waals surface area contributed by atoms with Gasteiger partial charge in [0.15, 0.2) is 6.10 Å². The van der Waals surface area contributed by atoms with Crippen molar-refractivity contribution >= 4 is 29.5 Å². The van der Waals surface area contributed by atoms with Crippen LogP contribution < -0.4 is 10.1 Å². The average Bonchev–Trinajstić information content (AvgIpc) is 2.91. The topological polar surface area (TPSA) is 105 Å². The number of benzene rings is 1. The second-order valence-corrected chi connectivity index (χ2v) is 7.67. The van der Waals surface area contributed by atoms with Crippen LogP contribution in [0.25, 0.3) is 0 Å². The van der Waals surface area contributed by atoms with Gasteiger partial charge in [0.2, 0.25) is 0 Å². The number of methoxy groups -OCH3 is 1. The molecule has 1 aromatic carbocycles. The highest BCUT2D eigenvalue weighted by Gasteiger charge is 2.56. The molecule has 162 valence electrons. The Bertz CT molecular complexity index is 832. The highest BCUT2D eigenvalue weighted by Crippen LogP contribution is 2.39. The summed E-state index contributed by atoms with van der Waals surface area (Å²) < 4.78 is 10.2. The molecule has 1 saturated carbocycles. The molecule has 9 heteroatoms.